The van der Waals surface area contributed by atoms with E-state index in [-0.39, 0.29) is 23.9 Å². The summed E-state index contributed by atoms with van der Waals surface area (Å²) >= 11 is 0. The summed E-state index contributed by atoms with van der Waals surface area (Å²) in [4.78, 5) is 39.6. The van der Waals surface area contributed by atoms with E-state index in [1.807, 2.05) is 12.1 Å². The van der Waals surface area contributed by atoms with Gasteiger partial charge >= 0.3 is 5.69 Å². The molecule has 8 heteroatoms. The van der Waals surface area contributed by atoms with Crippen LogP contribution in [0.3, 0.4) is 0 Å². The van der Waals surface area contributed by atoms with Gasteiger partial charge in [0.15, 0.2) is 0 Å². The maximum absolute atomic E-state index is 13.1. The van der Waals surface area contributed by atoms with E-state index in [9.17, 15) is 14.4 Å². The van der Waals surface area contributed by atoms with Gasteiger partial charge in [-0.05, 0) is 42.7 Å². The molecule has 1 unspecified atom stereocenters. The number of para-hydroxylation sites is 1. The van der Waals surface area contributed by atoms with Crippen LogP contribution in [0.5, 0.6) is 0 Å². The minimum absolute atomic E-state index is 0.191. The fourth-order valence-corrected chi connectivity index (χ4v) is 5.43. The molecule has 3 aliphatic rings. The number of hydrogen-bond acceptors (Lipinski definition) is 5. The lowest BCUT2D eigenvalue weighted by atomic mass is 9.71. The number of carbonyl (C=O) groups is 2. The summed E-state index contributed by atoms with van der Waals surface area (Å²) in [6.45, 7) is 5.56. The number of aromatic nitrogens is 2. The molecule has 2 aliphatic heterocycles. The average Bonchev–Trinajstić information content (AvgIpc) is 2.96. The van der Waals surface area contributed by atoms with Gasteiger partial charge < -0.3 is 10.2 Å². The fraction of sp³-hybridized carbons (Fsp3) is 0.591. The molecule has 0 radical (unpaired) electrons. The third kappa shape index (κ3) is 3.28. The Bertz CT molecular complexity index is 1040. The molecule has 30 heavy (non-hydrogen) atoms. The predicted octanol–water partition coefficient (Wildman–Crippen LogP) is 0.717. The Balaban J connectivity index is 1.40. The van der Waals surface area contributed by atoms with Crippen LogP contribution in [0.1, 0.15) is 43.2 Å². The second-order valence-electron chi connectivity index (χ2n) is 8.98. The molecule has 1 saturated carbocycles. The number of nitrogens with one attached hydrogen (secondary N) is 2. The molecule has 0 bridgehead atoms. The molecule has 1 atom stereocenters. The third-order valence-corrected chi connectivity index (χ3v) is 7.06. The SMILES string of the molecule is Cn1c(=O)n(C2CCC(=O)NC2=O)c2cccc([C@H]3C[C@@H](CN4CCNCC4)C3)c21. The molecule has 160 valence electrons. The van der Waals surface area contributed by atoms with E-state index >= 15 is 0 Å². The highest BCUT2D eigenvalue weighted by Crippen LogP contribution is 2.44. The number of carbonyl (C=O) groups excluding carboxylic acids is 2. The van der Waals surface area contributed by atoms with Crippen LogP contribution in [0.4, 0.5) is 0 Å². The summed E-state index contributed by atoms with van der Waals surface area (Å²) in [5.74, 6) is 0.503. The summed E-state index contributed by atoms with van der Waals surface area (Å²) in [6.07, 6.45) is 2.90. The zero-order valence-corrected chi connectivity index (χ0v) is 17.4. The Labute approximate surface area is 175 Å². The van der Waals surface area contributed by atoms with Gasteiger partial charge in [0, 0.05) is 46.2 Å². The lowest BCUT2D eigenvalue weighted by Crippen LogP contribution is -2.46. The van der Waals surface area contributed by atoms with Crippen molar-refractivity contribution in [3.05, 3.63) is 34.2 Å². The maximum atomic E-state index is 13.1. The molecular formula is C22H29N5O3. The van der Waals surface area contributed by atoms with Crippen molar-refractivity contribution in [1.29, 1.82) is 0 Å². The zero-order valence-electron chi connectivity index (χ0n) is 17.4. The van der Waals surface area contributed by atoms with Crippen molar-refractivity contribution in [2.45, 2.75) is 37.6 Å². The van der Waals surface area contributed by atoms with Crippen molar-refractivity contribution >= 4 is 22.8 Å². The Kier molecular flexibility index (Phi) is 4.99. The Morgan fingerprint density at radius 2 is 1.87 bits per heavy atom. The van der Waals surface area contributed by atoms with Crippen molar-refractivity contribution in [1.82, 2.24) is 24.7 Å². The monoisotopic (exact) mass is 411 g/mol. The van der Waals surface area contributed by atoms with Crippen molar-refractivity contribution < 1.29 is 9.59 Å². The van der Waals surface area contributed by atoms with Crippen LogP contribution < -0.4 is 16.3 Å². The molecule has 2 amide bonds. The molecule has 2 saturated heterocycles. The highest BCUT2D eigenvalue weighted by molar-refractivity contribution is 6.00. The Morgan fingerprint density at radius 3 is 2.60 bits per heavy atom. The lowest BCUT2D eigenvalue weighted by molar-refractivity contribution is -0.135. The molecule has 3 heterocycles. The number of imidazole rings is 1. The summed E-state index contributed by atoms with van der Waals surface area (Å²) < 4.78 is 3.26. The number of fused-ring (bicyclic) bond motifs is 1. The summed E-state index contributed by atoms with van der Waals surface area (Å²) in [5, 5.41) is 5.78. The first kappa shape index (κ1) is 19.5. The van der Waals surface area contributed by atoms with E-state index in [0.29, 0.717) is 18.3 Å². The fourth-order valence-electron chi connectivity index (χ4n) is 5.43. The Morgan fingerprint density at radius 1 is 1.10 bits per heavy atom. The number of piperidine rings is 1. The Hall–Kier alpha value is -2.45. The average molecular weight is 412 g/mol. The number of nitrogens with zero attached hydrogens (tertiary/aromatic N) is 3. The standard InChI is InChI=1S/C22H29N5O3/c1-25-20-16(15-11-14(12-15)13-26-9-7-23-8-10-26)3-2-4-17(20)27(22(25)30)18-5-6-19(28)24-21(18)29/h2-4,14-15,18,23H,5-13H2,1H3,(H,24,28,29)/t14-,15+,18?. The summed E-state index contributed by atoms with van der Waals surface area (Å²) in [7, 11) is 1.79. The molecule has 1 aromatic carbocycles. The second-order valence-corrected chi connectivity index (χ2v) is 8.98. The second kappa shape index (κ2) is 7.67. The number of amides is 2. The third-order valence-electron chi connectivity index (χ3n) is 7.06. The number of aryl methyl sites for hydroxylation is 1. The van der Waals surface area contributed by atoms with Crippen LogP contribution in [0.15, 0.2) is 23.0 Å². The van der Waals surface area contributed by atoms with Gasteiger partial charge in [0.05, 0.1) is 11.0 Å². The normalized spacial score (nSPS) is 27.8. The quantitative estimate of drug-likeness (QED) is 0.724. The predicted molar refractivity (Wildman–Crippen MR) is 113 cm³/mol. The van der Waals surface area contributed by atoms with E-state index in [0.717, 1.165) is 56.6 Å². The van der Waals surface area contributed by atoms with Gasteiger partial charge in [-0.2, -0.15) is 0 Å². The van der Waals surface area contributed by atoms with Crippen LogP contribution in [0, 0.1) is 5.92 Å². The number of rotatable bonds is 4. The van der Waals surface area contributed by atoms with Gasteiger partial charge in [0.2, 0.25) is 11.8 Å². The van der Waals surface area contributed by atoms with E-state index in [1.54, 1.807) is 16.2 Å². The van der Waals surface area contributed by atoms with Gasteiger partial charge in [0.25, 0.3) is 0 Å². The molecule has 2 aromatic rings. The van der Waals surface area contributed by atoms with Gasteiger partial charge in [-0.15, -0.1) is 0 Å². The molecule has 2 N–H and O–H groups in total. The van der Waals surface area contributed by atoms with Crippen molar-refractivity contribution in [3.63, 3.8) is 0 Å². The largest absolute Gasteiger partial charge is 0.329 e. The van der Waals surface area contributed by atoms with Crippen LogP contribution >= 0.6 is 0 Å². The first-order valence-electron chi connectivity index (χ1n) is 11.0. The highest BCUT2D eigenvalue weighted by atomic mass is 16.2. The van der Waals surface area contributed by atoms with Crippen LogP contribution in [-0.2, 0) is 16.6 Å². The molecule has 0 spiro atoms. The van der Waals surface area contributed by atoms with Crippen molar-refractivity contribution in [3.8, 4) is 0 Å². The molecule has 3 fully saturated rings. The first-order valence-corrected chi connectivity index (χ1v) is 11.0. The molecule has 1 aliphatic carbocycles. The summed E-state index contributed by atoms with van der Waals surface area (Å²) in [5.41, 5.74) is 2.73. The molecular weight excluding hydrogens is 382 g/mol. The lowest BCUT2D eigenvalue weighted by Gasteiger charge is -2.40. The van der Waals surface area contributed by atoms with Gasteiger partial charge in [-0.3, -0.25) is 24.0 Å². The number of imide groups is 1. The minimum atomic E-state index is -0.629. The first-order chi connectivity index (χ1) is 14.5. The molecule has 8 nitrogen and oxygen atoms in total. The highest BCUT2D eigenvalue weighted by Gasteiger charge is 2.35. The molecule has 1 aromatic heterocycles. The minimum Gasteiger partial charge on any atom is -0.314 e. The molecule has 5 rings (SSSR count). The van der Waals surface area contributed by atoms with Crippen molar-refractivity contribution in [2.75, 3.05) is 32.7 Å². The van der Waals surface area contributed by atoms with Crippen LogP contribution in [0.2, 0.25) is 0 Å². The van der Waals surface area contributed by atoms with Crippen LogP contribution in [0.25, 0.3) is 11.0 Å². The van der Waals surface area contributed by atoms with Crippen molar-refractivity contribution in [2.24, 2.45) is 13.0 Å². The van der Waals surface area contributed by atoms with E-state index in [4.69, 9.17) is 0 Å². The van der Waals surface area contributed by atoms with E-state index in [1.165, 1.54) is 5.56 Å². The van der Waals surface area contributed by atoms with Gasteiger partial charge in [-0.25, -0.2) is 4.79 Å². The van der Waals surface area contributed by atoms with Gasteiger partial charge in [0.1, 0.15) is 6.04 Å². The number of benzene rings is 1. The number of piperazine rings is 1. The smallest absolute Gasteiger partial charge is 0.314 e. The van der Waals surface area contributed by atoms with Gasteiger partial charge in [-0.1, -0.05) is 12.1 Å². The number of hydrogen-bond donors (Lipinski definition) is 2. The summed E-state index contributed by atoms with van der Waals surface area (Å²) in [6, 6.07) is 5.41. The van der Waals surface area contributed by atoms with E-state index < -0.39 is 6.04 Å². The topological polar surface area (TPSA) is 88.4 Å². The van der Waals surface area contributed by atoms with Crippen LogP contribution in [-0.4, -0.2) is 58.6 Å². The zero-order chi connectivity index (χ0) is 20.8. The van der Waals surface area contributed by atoms with E-state index in [2.05, 4.69) is 21.6 Å². The maximum Gasteiger partial charge on any atom is 0.329 e.